The van der Waals surface area contributed by atoms with Crippen molar-refractivity contribution in [3.05, 3.63) is 24.3 Å². The topological polar surface area (TPSA) is 115 Å². The SMILES string of the molecule is CC1(C(=O)Nc2ccccc2S(N)(=O)=O)CCCC1N. The van der Waals surface area contributed by atoms with Crippen LogP contribution in [0.15, 0.2) is 29.2 Å². The molecule has 0 aromatic heterocycles. The molecular formula is C13H19N3O3S. The Kier molecular flexibility index (Phi) is 3.86. The van der Waals surface area contributed by atoms with Gasteiger partial charge in [-0.3, -0.25) is 4.79 Å². The summed E-state index contributed by atoms with van der Waals surface area (Å²) in [7, 11) is -3.88. The quantitative estimate of drug-likeness (QED) is 0.765. The second-order valence-corrected chi connectivity index (χ2v) is 6.94. The molecule has 0 saturated heterocycles. The van der Waals surface area contributed by atoms with Crippen molar-refractivity contribution < 1.29 is 13.2 Å². The standard InChI is InChI=1S/C13H19N3O3S/c1-13(8-4-7-11(13)14)12(17)16-9-5-2-3-6-10(9)20(15,18)19/h2-3,5-6,11H,4,7-8,14H2,1H3,(H,16,17)(H2,15,18,19). The van der Waals surface area contributed by atoms with E-state index in [1.165, 1.54) is 12.1 Å². The fraction of sp³-hybridized carbons (Fsp3) is 0.462. The number of amides is 1. The lowest BCUT2D eigenvalue weighted by molar-refractivity contribution is -0.125. The van der Waals surface area contributed by atoms with E-state index in [1.54, 1.807) is 19.1 Å². The minimum Gasteiger partial charge on any atom is -0.327 e. The summed E-state index contributed by atoms with van der Waals surface area (Å²) in [6.07, 6.45) is 2.38. The van der Waals surface area contributed by atoms with Gasteiger partial charge in [-0.1, -0.05) is 18.6 Å². The summed E-state index contributed by atoms with van der Waals surface area (Å²) in [6, 6.07) is 5.85. The van der Waals surface area contributed by atoms with E-state index < -0.39 is 15.4 Å². The molecular weight excluding hydrogens is 278 g/mol. The van der Waals surface area contributed by atoms with Crippen LogP contribution in [0.4, 0.5) is 5.69 Å². The number of carbonyl (C=O) groups is 1. The van der Waals surface area contributed by atoms with E-state index in [9.17, 15) is 13.2 Å². The number of rotatable bonds is 3. The lowest BCUT2D eigenvalue weighted by Gasteiger charge is -2.27. The van der Waals surface area contributed by atoms with Crippen molar-refractivity contribution in [2.24, 2.45) is 16.3 Å². The number of primary sulfonamides is 1. The van der Waals surface area contributed by atoms with Crippen LogP contribution < -0.4 is 16.2 Å². The molecule has 0 radical (unpaired) electrons. The normalized spacial score (nSPS) is 26.4. The molecule has 0 spiro atoms. The predicted octanol–water partition coefficient (Wildman–Crippen LogP) is 0.790. The molecule has 1 aromatic carbocycles. The zero-order valence-corrected chi connectivity index (χ0v) is 12.1. The summed E-state index contributed by atoms with van der Waals surface area (Å²) in [6.45, 7) is 1.81. The number of benzene rings is 1. The highest BCUT2D eigenvalue weighted by Gasteiger charge is 2.43. The van der Waals surface area contributed by atoms with Gasteiger partial charge in [0, 0.05) is 6.04 Å². The van der Waals surface area contributed by atoms with Gasteiger partial charge in [-0.25, -0.2) is 13.6 Å². The molecule has 1 amide bonds. The average Bonchev–Trinajstić information content (AvgIpc) is 2.70. The Morgan fingerprint density at radius 1 is 1.40 bits per heavy atom. The molecule has 0 bridgehead atoms. The van der Waals surface area contributed by atoms with E-state index in [2.05, 4.69) is 5.32 Å². The van der Waals surface area contributed by atoms with Gasteiger partial charge >= 0.3 is 0 Å². The highest BCUT2D eigenvalue weighted by atomic mass is 32.2. The molecule has 2 rings (SSSR count). The van der Waals surface area contributed by atoms with Crippen LogP contribution in [-0.4, -0.2) is 20.4 Å². The first-order valence-electron chi connectivity index (χ1n) is 6.44. The maximum atomic E-state index is 12.4. The first kappa shape index (κ1) is 15.0. The maximum Gasteiger partial charge on any atom is 0.240 e. The number of sulfonamides is 1. The first-order valence-corrected chi connectivity index (χ1v) is 7.98. The van der Waals surface area contributed by atoms with Crippen LogP contribution in [0, 0.1) is 5.41 Å². The van der Waals surface area contributed by atoms with Crippen molar-refractivity contribution in [2.45, 2.75) is 37.1 Å². The fourth-order valence-electron chi connectivity index (χ4n) is 2.56. The summed E-state index contributed by atoms with van der Waals surface area (Å²) in [5, 5.41) is 7.80. The number of hydrogen-bond acceptors (Lipinski definition) is 4. The molecule has 1 saturated carbocycles. The number of carbonyl (C=O) groups excluding carboxylic acids is 1. The molecule has 2 atom stereocenters. The Bertz CT molecular complexity index is 630. The van der Waals surface area contributed by atoms with Crippen molar-refractivity contribution in [1.29, 1.82) is 0 Å². The molecule has 20 heavy (non-hydrogen) atoms. The van der Waals surface area contributed by atoms with Gasteiger partial charge in [-0.15, -0.1) is 0 Å². The predicted molar refractivity (Wildman–Crippen MR) is 76.4 cm³/mol. The van der Waals surface area contributed by atoms with Crippen LogP contribution in [0.1, 0.15) is 26.2 Å². The summed E-state index contributed by atoms with van der Waals surface area (Å²) < 4.78 is 23.0. The molecule has 5 N–H and O–H groups in total. The van der Waals surface area contributed by atoms with E-state index in [1.807, 2.05) is 0 Å². The van der Waals surface area contributed by atoms with Gasteiger partial charge in [0.2, 0.25) is 15.9 Å². The minimum absolute atomic E-state index is 0.0940. The van der Waals surface area contributed by atoms with Crippen molar-refractivity contribution in [1.82, 2.24) is 0 Å². The highest BCUT2D eigenvalue weighted by Crippen LogP contribution is 2.38. The first-order chi connectivity index (χ1) is 9.25. The summed E-state index contributed by atoms with van der Waals surface area (Å²) in [5.41, 5.74) is 5.51. The van der Waals surface area contributed by atoms with E-state index in [0.29, 0.717) is 6.42 Å². The number of para-hydroxylation sites is 1. The van der Waals surface area contributed by atoms with Gasteiger partial charge in [-0.2, -0.15) is 0 Å². The lowest BCUT2D eigenvalue weighted by Crippen LogP contribution is -2.44. The largest absolute Gasteiger partial charge is 0.327 e. The Morgan fingerprint density at radius 3 is 2.60 bits per heavy atom. The second-order valence-electron chi connectivity index (χ2n) is 5.41. The van der Waals surface area contributed by atoms with Crippen LogP contribution in [0.5, 0.6) is 0 Å². The Labute approximate surface area is 118 Å². The van der Waals surface area contributed by atoms with E-state index in [0.717, 1.165) is 12.8 Å². The maximum absolute atomic E-state index is 12.4. The monoisotopic (exact) mass is 297 g/mol. The Morgan fingerprint density at radius 2 is 2.05 bits per heavy atom. The third-order valence-electron chi connectivity index (χ3n) is 3.99. The van der Waals surface area contributed by atoms with E-state index in [4.69, 9.17) is 10.9 Å². The van der Waals surface area contributed by atoms with Gasteiger partial charge in [0.1, 0.15) is 4.90 Å². The number of nitrogens with two attached hydrogens (primary N) is 2. The third-order valence-corrected chi connectivity index (χ3v) is 4.96. The molecule has 1 aromatic rings. The van der Waals surface area contributed by atoms with Crippen molar-refractivity contribution in [3.8, 4) is 0 Å². The molecule has 1 fully saturated rings. The van der Waals surface area contributed by atoms with Crippen molar-refractivity contribution >= 4 is 21.6 Å². The number of nitrogens with one attached hydrogen (secondary N) is 1. The molecule has 6 nitrogen and oxygen atoms in total. The third kappa shape index (κ3) is 2.70. The molecule has 1 aliphatic carbocycles. The van der Waals surface area contributed by atoms with Crippen LogP contribution >= 0.6 is 0 Å². The summed E-state index contributed by atoms with van der Waals surface area (Å²) in [5.74, 6) is -0.265. The van der Waals surface area contributed by atoms with E-state index in [-0.39, 0.29) is 22.5 Å². The molecule has 7 heteroatoms. The van der Waals surface area contributed by atoms with Crippen LogP contribution in [0.3, 0.4) is 0 Å². The minimum atomic E-state index is -3.88. The average molecular weight is 297 g/mol. The van der Waals surface area contributed by atoms with Gasteiger partial charge in [0.05, 0.1) is 11.1 Å². The second kappa shape index (κ2) is 5.16. The van der Waals surface area contributed by atoms with Crippen LogP contribution in [0.25, 0.3) is 0 Å². The Balaban J connectivity index is 2.30. The van der Waals surface area contributed by atoms with Crippen molar-refractivity contribution in [2.75, 3.05) is 5.32 Å². The highest BCUT2D eigenvalue weighted by molar-refractivity contribution is 7.89. The summed E-state index contributed by atoms with van der Waals surface area (Å²) >= 11 is 0. The fourth-order valence-corrected chi connectivity index (χ4v) is 3.25. The molecule has 2 unspecified atom stereocenters. The molecule has 0 aliphatic heterocycles. The molecule has 0 heterocycles. The zero-order valence-electron chi connectivity index (χ0n) is 11.3. The van der Waals surface area contributed by atoms with Crippen molar-refractivity contribution in [3.63, 3.8) is 0 Å². The summed E-state index contributed by atoms with van der Waals surface area (Å²) in [4.78, 5) is 12.3. The van der Waals surface area contributed by atoms with Gasteiger partial charge in [0.15, 0.2) is 0 Å². The number of hydrogen-bond donors (Lipinski definition) is 3. The van der Waals surface area contributed by atoms with Crippen LogP contribution in [0.2, 0.25) is 0 Å². The zero-order chi connectivity index (χ0) is 15.0. The number of anilines is 1. The van der Waals surface area contributed by atoms with Gasteiger partial charge in [0.25, 0.3) is 0 Å². The smallest absolute Gasteiger partial charge is 0.240 e. The van der Waals surface area contributed by atoms with Crippen LogP contribution in [-0.2, 0) is 14.8 Å². The van der Waals surface area contributed by atoms with E-state index >= 15 is 0 Å². The van der Waals surface area contributed by atoms with Gasteiger partial charge in [-0.05, 0) is 31.9 Å². The molecule has 1 aliphatic rings. The lowest BCUT2D eigenvalue weighted by atomic mass is 9.84. The van der Waals surface area contributed by atoms with Gasteiger partial charge < -0.3 is 11.1 Å². The molecule has 110 valence electrons. The Hall–Kier alpha value is -1.44.